The van der Waals surface area contributed by atoms with Crippen molar-refractivity contribution in [2.45, 2.75) is 44.8 Å². The highest BCUT2D eigenvalue weighted by Gasteiger charge is 2.30. The van der Waals surface area contributed by atoms with Crippen LogP contribution in [0.3, 0.4) is 0 Å². The van der Waals surface area contributed by atoms with E-state index in [1.54, 1.807) is 17.6 Å². The second kappa shape index (κ2) is 5.64. The Labute approximate surface area is 118 Å². The third kappa shape index (κ3) is 3.50. The molecule has 0 aliphatic carbocycles. The summed E-state index contributed by atoms with van der Waals surface area (Å²) in [4.78, 5) is 0. The molecule has 18 heavy (non-hydrogen) atoms. The summed E-state index contributed by atoms with van der Waals surface area (Å²) < 4.78 is 7.46. The fourth-order valence-corrected chi connectivity index (χ4v) is 3.31. The van der Waals surface area contributed by atoms with E-state index >= 15 is 0 Å². The van der Waals surface area contributed by atoms with E-state index in [1.807, 2.05) is 10.5 Å². The number of rotatable bonds is 4. The van der Waals surface area contributed by atoms with E-state index in [1.165, 1.54) is 5.56 Å². The average molecular weight is 286 g/mol. The topological polar surface area (TPSA) is 12.5 Å². The minimum absolute atomic E-state index is 0.127. The molecule has 2 rings (SSSR count). The highest BCUT2D eigenvalue weighted by Crippen LogP contribution is 2.28. The van der Waals surface area contributed by atoms with Crippen LogP contribution in [0, 0.1) is 0 Å². The van der Waals surface area contributed by atoms with E-state index in [9.17, 15) is 0 Å². The zero-order valence-electron chi connectivity index (χ0n) is 11.1. The van der Waals surface area contributed by atoms with Gasteiger partial charge in [0.2, 0.25) is 0 Å². The molecule has 0 fully saturated rings. The Kier molecular flexibility index (Phi) is 4.36. The number of halogens is 1. The summed E-state index contributed by atoms with van der Waals surface area (Å²) in [6.45, 7) is 7.25. The molecule has 0 saturated carbocycles. The smallest absolute Gasteiger partial charge is 0.104 e. The van der Waals surface area contributed by atoms with Gasteiger partial charge in [-0.3, -0.25) is 0 Å². The van der Waals surface area contributed by atoms with E-state index in [0.717, 1.165) is 13.0 Å². The zero-order chi connectivity index (χ0) is 13.2. The lowest BCUT2D eigenvalue weighted by atomic mass is 9.96. The Morgan fingerprint density at radius 2 is 2.39 bits per heavy atom. The highest BCUT2D eigenvalue weighted by atomic mass is 35.5. The van der Waals surface area contributed by atoms with Gasteiger partial charge in [0.1, 0.15) is 5.60 Å². The number of hydrogen-bond donors (Lipinski definition) is 0. The molecule has 0 amide bonds. The van der Waals surface area contributed by atoms with Gasteiger partial charge in [-0.25, -0.2) is 4.42 Å². The van der Waals surface area contributed by atoms with Crippen LogP contribution in [0.25, 0.3) is 0 Å². The molecule has 2 unspecified atom stereocenters. The second-order valence-corrected chi connectivity index (χ2v) is 6.73. The van der Waals surface area contributed by atoms with Crippen molar-refractivity contribution in [2.75, 3.05) is 6.54 Å². The average Bonchev–Trinajstić information content (AvgIpc) is 2.80. The number of thiophene rings is 1. The van der Waals surface area contributed by atoms with Crippen LogP contribution < -0.4 is 0 Å². The summed E-state index contributed by atoms with van der Waals surface area (Å²) in [5.74, 6) is 0.452. The molecule has 2 heterocycles. The van der Waals surface area contributed by atoms with Gasteiger partial charge in [-0.15, -0.1) is 0 Å². The molecule has 2 atom stereocenters. The summed E-state index contributed by atoms with van der Waals surface area (Å²) in [6, 6.07) is 2.42. The minimum Gasteiger partial charge on any atom is -0.496 e. The number of ether oxygens (including phenoxy) is 1. The molecule has 0 aromatic carbocycles. The molecule has 1 aromatic rings. The fraction of sp³-hybridized carbons (Fsp3) is 0.571. The molecule has 1 aliphatic heterocycles. The van der Waals surface area contributed by atoms with Crippen LogP contribution in [-0.4, -0.2) is 22.6 Å². The second-order valence-electron chi connectivity index (χ2n) is 5.52. The van der Waals surface area contributed by atoms with Crippen LogP contribution >= 0.6 is 23.1 Å². The summed E-state index contributed by atoms with van der Waals surface area (Å²) >= 11 is 8.16. The largest absolute Gasteiger partial charge is 0.496 e. The quantitative estimate of drug-likeness (QED) is 0.761. The summed E-state index contributed by atoms with van der Waals surface area (Å²) in [7, 11) is 0. The third-order valence-corrected chi connectivity index (χ3v) is 4.40. The van der Waals surface area contributed by atoms with Gasteiger partial charge < -0.3 is 4.74 Å². The van der Waals surface area contributed by atoms with E-state index in [0.29, 0.717) is 5.92 Å². The van der Waals surface area contributed by atoms with Crippen LogP contribution in [0.15, 0.2) is 29.2 Å². The van der Waals surface area contributed by atoms with Crippen molar-refractivity contribution < 1.29 is 4.74 Å². The van der Waals surface area contributed by atoms with Crippen molar-refractivity contribution in [1.82, 2.24) is 4.42 Å². The lowest BCUT2D eigenvalue weighted by molar-refractivity contribution is 0.0211. The summed E-state index contributed by atoms with van der Waals surface area (Å²) in [5, 5.41) is 4.31. The van der Waals surface area contributed by atoms with Crippen molar-refractivity contribution in [3.8, 4) is 0 Å². The monoisotopic (exact) mass is 285 g/mol. The van der Waals surface area contributed by atoms with E-state index in [2.05, 4.69) is 37.6 Å². The molecule has 100 valence electrons. The normalized spacial score (nSPS) is 23.9. The van der Waals surface area contributed by atoms with Crippen molar-refractivity contribution >= 4 is 23.1 Å². The Balaban J connectivity index is 1.94. The van der Waals surface area contributed by atoms with Gasteiger partial charge in [-0.05, 0) is 60.0 Å². The van der Waals surface area contributed by atoms with Crippen molar-refractivity contribution in [3.05, 3.63) is 34.7 Å². The fourth-order valence-electron chi connectivity index (χ4n) is 2.18. The zero-order valence-corrected chi connectivity index (χ0v) is 12.7. The highest BCUT2D eigenvalue weighted by molar-refractivity contribution is 7.07. The first-order valence-corrected chi connectivity index (χ1v) is 7.55. The van der Waals surface area contributed by atoms with Crippen LogP contribution in [0.2, 0.25) is 0 Å². The molecule has 1 aromatic heterocycles. The number of hydrogen-bond acceptors (Lipinski definition) is 3. The first kappa shape index (κ1) is 13.9. The van der Waals surface area contributed by atoms with Crippen molar-refractivity contribution in [2.24, 2.45) is 0 Å². The van der Waals surface area contributed by atoms with Gasteiger partial charge in [-0.1, -0.05) is 6.92 Å². The maximum Gasteiger partial charge on any atom is 0.104 e. The molecule has 0 spiro atoms. The van der Waals surface area contributed by atoms with Crippen LogP contribution in [-0.2, 0) is 4.74 Å². The minimum atomic E-state index is -0.127. The predicted octanol–water partition coefficient (Wildman–Crippen LogP) is 4.39. The maximum absolute atomic E-state index is 6.43. The van der Waals surface area contributed by atoms with Gasteiger partial charge in [0, 0.05) is 13.0 Å². The van der Waals surface area contributed by atoms with Gasteiger partial charge in [0.25, 0.3) is 0 Å². The van der Waals surface area contributed by atoms with Crippen molar-refractivity contribution in [1.29, 1.82) is 0 Å². The molecule has 2 nitrogen and oxygen atoms in total. The first-order chi connectivity index (χ1) is 8.48. The molecule has 1 aliphatic rings. The Hall–Kier alpha value is -0.510. The lowest BCUT2D eigenvalue weighted by Gasteiger charge is -2.35. The summed E-state index contributed by atoms with van der Waals surface area (Å²) in [5.41, 5.74) is 1.24. The molecule has 0 bridgehead atoms. The standard InChI is InChI=1S/C14H20ClNOS/c1-11(12-5-7-18-10-12)9-16(15)13-4-6-17-14(2,3)8-13/h4-7,10-11,13H,8-9H2,1-3H3. The lowest BCUT2D eigenvalue weighted by Crippen LogP contribution is -2.39. The number of nitrogens with zero attached hydrogens (tertiary/aromatic N) is 1. The van der Waals surface area contributed by atoms with Crippen LogP contribution in [0.1, 0.15) is 38.7 Å². The van der Waals surface area contributed by atoms with Crippen LogP contribution in [0.4, 0.5) is 0 Å². The SMILES string of the molecule is CC(CN(Cl)C1C=COC(C)(C)C1)c1ccsc1. The Morgan fingerprint density at radius 3 is 3.00 bits per heavy atom. The van der Waals surface area contributed by atoms with Gasteiger partial charge in [-0.2, -0.15) is 11.3 Å². The molecule has 0 saturated heterocycles. The predicted molar refractivity (Wildman–Crippen MR) is 78.0 cm³/mol. The van der Waals surface area contributed by atoms with E-state index < -0.39 is 0 Å². The molecule has 0 radical (unpaired) electrons. The Morgan fingerprint density at radius 1 is 1.61 bits per heavy atom. The molecule has 0 N–H and O–H groups in total. The van der Waals surface area contributed by atoms with E-state index in [4.69, 9.17) is 16.5 Å². The maximum atomic E-state index is 6.43. The van der Waals surface area contributed by atoms with Gasteiger partial charge >= 0.3 is 0 Å². The van der Waals surface area contributed by atoms with Gasteiger partial charge in [0.05, 0.1) is 12.3 Å². The molecule has 4 heteroatoms. The third-order valence-electron chi connectivity index (χ3n) is 3.31. The molecular weight excluding hydrogens is 266 g/mol. The van der Waals surface area contributed by atoms with Crippen molar-refractivity contribution in [3.63, 3.8) is 0 Å². The van der Waals surface area contributed by atoms with Gasteiger partial charge in [0.15, 0.2) is 0 Å². The summed E-state index contributed by atoms with van der Waals surface area (Å²) in [6.07, 6.45) is 4.74. The molecular formula is C14H20ClNOS. The Bertz CT molecular complexity index is 402. The van der Waals surface area contributed by atoms with E-state index in [-0.39, 0.29) is 11.6 Å². The first-order valence-electron chi connectivity index (χ1n) is 6.27. The van der Waals surface area contributed by atoms with Crippen LogP contribution in [0.5, 0.6) is 0 Å².